The molecule has 1 heterocycles. The minimum atomic E-state index is -0.657. The van der Waals surface area contributed by atoms with Crippen molar-refractivity contribution in [3.63, 3.8) is 0 Å². The molecular weight excluding hydrogens is 184 g/mol. The van der Waals surface area contributed by atoms with Gasteiger partial charge in [0.2, 0.25) is 0 Å². The fourth-order valence-corrected chi connectivity index (χ4v) is 0.719. The van der Waals surface area contributed by atoms with Gasteiger partial charge >= 0.3 is 5.97 Å². The maximum absolute atomic E-state index is 11.0. The average molecular weight is 192 g/mol. The lowest BCUT2D eigenvalue weighted by Crippen LogP contribution is -2.09. The summed E-state index contributed by atoms with van der Waals surface area (Å²) in [5, 5.41) is 0. The fourth-order valence-electron chi connectivity index (χ4n) is 0.719. The summed E-state index contributed by atoms with van der Waals surface area (Å²) in [4.78, 5) is 27.8. The Kier molecular flexibility index (Phi) is 3.44. The normalized spacial score (nSPS) is 8.64. The number of carbonyl (C=O) groups excluding carboxylic acids is 1. The van der Waals surface area contributed by atoms with Crippen LogP contribution < -0.4 is 5.56 Å². The summed E-state index contributed by atoms with van der Waals surface area (Å²) >= 11 is 0. The molecule has 0 aliphatic rings. The molecule has 1 aromatic heterocycles. The van der Waals surface area contributed by atoms with Crippen LogP contribution in [0, 0.1) is 11.8 Å². The smallest absolute Gasteiger partial charge is 0.384 e. The third-order valence-electron chi connectivity index (χ3n) is 1.29. The number of nitrogens with one attached hydrogen (secondary N) is 1. The maximum Gasteiger partial charge on any atom is 0.384 e. The van der Waals surface area contributed by atoms with Crippen molar-refractivity contribution in [2.24, 2.45) is 0 Å². The van der Waals surface area contributed by atoms with E-state index in [1.807, 2.05) is 0 Å². The summed E-state index contributed by atoms with van der Waals surface area (Å²) in [7, 11) is 0. The van der Waals surface area contributed by atoms with Crippen molar-refractivity contribution in [2.75, 3.05) is 6.61 Å². The van der Waals surface area contributed by atoms with E-state index in [9.17, 15) is 9.59 Å². The van der Waals surface area contributed by atoms with Crippen molar-refractivity contribution < 1.29 is 9.53 Å². The van der Waals surface area contributed by atoms with Crippen molar-refractivity contribution in [3.8, 4) is 11.8 Å². The van der Waals surface area contributed by atoms with Gasteiger partial charge in [-0.25, -0.2) is 9.78 Å². The van der Waals surface area contributed by atoms with Gasteiger partial charge in [-0.15, -0.1) is 0 Å². The van der Waals surface area contributed by atoms with Gasteiger partial charge in [0.05, 0.1) is 12.9 Å². The average Bonchev–Trinajstić information content (AvgIpc) is 2.17. The van der Waals surface area contributed by atoms with E-state index < -0.39 is 5.97 Å². The number of aromatic amines is 1. The quantitative estimate of drug-likeness (QED) is 0.489. The van der Waals surface area contributed by atoms with E-state index in [4.69, 9.17) is 0 Å². The highest BCUT2D eigenvalue weighted by atomic mass is 16.5. The Morgan fingerprint density at radius 2 is 2.50 bits per heavy atom. The molecule has 5 nitrogen and oxygen atoms in total. The van der Waals surface area contributed by atoms with E-state index in [-0.39, 0.29) is 17.7 Å². The number of esters is 1. The minimum absolute atomic E-state index is 0.139. The van der Waals surface area contributed by atoms with Crippen molar-refractivity contribution >= 4 is 5.97 Å². The zero-order chi connectivity index (χ0) is 10.4. The number of ether oxygens (including phenoxy) is 1. The summed E-state index contributed by atoms with van der Waals surface area (Å²) in [6.07, 6.45) is 2.53. The third-order valence-corrected chi connectivity index (χ3v) is 1.29. The summed E-state index contributed by atoms with van der Waals surface area (Å²) in [6, 6.07) is 0. The number of hydrogen-bond acceptors (Lipinski definition) is 4. The first-order chi connectivity index (χ1) is 6.74. The van der Waals surface area contributed by atoms with Gasteiger partial charge in [-0.3, -0.25) is 4.79 Å². The molecule has 0 aliphatic heterocycles. The van der Waals surface area contributed by atoms with Gasteiger partial charge in [0.25, 0.3) is 5.56 Å². The molecule has 0 bridgehead atoms. The van der Waals surface area contributed by atoms with Crippen LogP contribution in [0.3, 0.4) is 0 Å². The molecular formula is C9H8N2O3. The Hall–Kier alpha value is -2.09. The van der Waals surface area contributed by atoms with E-state index >= 15 is 0 Å². The van der Waals surface area contributed by atoms with Crippen LogP contribution in [0.15, 0.2) is 17.3 Å². The maximum atomic E-state index is 11.0. The van der Waals surface area contributed by atoms with Crippen LogP contribution in [0.1, 0.15) is 12.5 Å². The van der Waals surface area contributed by atoms with Crippen LogP contribution in [0.5, 0.6) is 0 Å². The van der Waals surface area contributed by atoms with E-state index in [0.29, 0.717) is 0 Å². The summed E-state index contributed by atoms with van der Waals surface area (Å²) < 4.78 is 4.56. The van der Waals surface area contributed by atoms with Gasteiger partial charge in [-0.05, 0) is 12.8 Å². The predicted molar refractivity (Wildman–Crippen MR) is 48.4 cm³/mol. The third kappa shape index (κ3) is 2.75. The van der Waals surface area contributed by atoms with Crippen LogP contribution in [0.4, 0.5) is 0 Å². The van der Waals surface area contributed by atoms with Gasteiger partial charge in [-0.1, -0.05) is 0 Å². The number of nitrogens with zero attached hydrogens (tertiary/aromatic N) is 1. The van der Waals surface area contributed by atoms with E-state index in [1.165, 1.54) is 12.5 Å². The molecule has 0 aliphatic carbocycles. The summed E-state index contributed by atoms with van der Waals surface area (Å²) in [6.45, 7) is 1.94. The van der Waals surface area contributed by atoms with E-state index in [0.717, 1.165) is 0 Å². The first kappa shape index (κ1) is 9.99. The van der Waals surface area contributed by atoms with E-state index in [1.54, 1.807) is 6.92 Å². The van der Waals surface area contributed by atoms with Crippen LogP contribution in [-0.2, 0) is 9.53 Å². The van der Waals surface area contributed by atoms with Gasteiger partial charge in [0, 0.05) is 12.1 Å². The lowest BCUT2D eigenvalue weighted by Gasteiger charge is -1.90. The molecule has 0 fully saturated rings. The van der Waals surface area contributed by atoms with Gasteiger partial charge in [0.15, 0.2) is 0 Å². The largest absolute Gasteiger partial charge is 0.456 e. The highest BCUT2D eigenvalue weighted by Crippen LogP contribution is 1.82. The molecule has 0 atom stereocenters. The molecule has 0 unspecified atom stereocenters. The Balaban J connectivity index is 2.83. The standard InChI is InChI=1S/C9H8N2O3/c1-2-14-8(12)4-3-7-5-10-6-11-9(7)13/h5-6H,2H2,1H3,(H,10,11,13). The number of hydrogen-bond donors (Lipinski definition) is 1. The van der Waals surface area contributed by atoms with Crippen LogP contribution in [0.2, 0.25) is 0 Å². The molecule has 0 aromatic carbocycles. The number of aromatic nitrogens is 2. The summed E-state index contributed by atoms with van der Waals surface area (Å²) in [5.41, 5.74) is -0.239. The molecule has 1 aromatic rings. The molecule has 1 rings (SSSR count). The Labute approximate surface area is 80.1 Å². The number of H-pyrrole nitrogens is 1. The second-order valence-corrected chi connectivity index (χ2v) is 2.26. The minimum Gasteiger partial charge on any atom is -0.456 e. The second kappa shape index (κ2) is 4.82. The number of carbonyl (C=O) groups is 1. The van der Waals surface area contributed by atoms with Gasteiger partial charge < -0.3 is 9.72 Å². The summed E-state index contributed by atoms with van der Waals surface area (Å²) in [5.74, 6) is 3.88. The molecule has 0 saturated heterocycles. The van der Waals surface area contributed by atoms with Crippen molar-refractivity contribution in [1.82, 2.24) is 9.97 Å². The van der Waals surface area contributed by atoms with Gasteiger partial charge in [-0.2, -0.15) is 0 Å². The lowest BCUT2D eigenvalue weighted by atomic mass is 10.3. The fraction of sp³-hybridized carbons (Fsp3) is 0.222. The topological polar surface area (TPSA) is 72.0 Å². The Morgan fingerprint density at radius 3 is 3.14 bits per heavy atom. The molecule has 0 radical (unpaired) electrons. The molecule has 0 amide bonds. The molecule has 14 heavy (non-hydrogen) atoms. The van der Waals surface area contributed by atoms with Crippen LogP contribution in [-0.4, -0.2) is 22.5 Å². The first-order valence-corrected chi connectivity index (χ1v) is 3.95. The Bertz CT molecular complexity index is 439. The zero-order valence-electron chi connectivity index (χ0n) is 7.53. The molecule has 0 saturated carbocycles. The highest BCUT2D eigenvalue weighted by molar-refractivity contribution is 5.89. The Morgan fingerprint density at radius 1 is 1.71 bits per heavy atom. The molecule has 5 heteroatoms. The highest BCUT2D eigenvalue weighted by Gasteiger charge is 1.95. The SMILES string of the molecule is CCOC(=O)C#Cc1cnc[nH]c1=O. The zero-order valence-corrected chi connectivity index (χ0v) is 7.53. The molecule has 72 valence electrons. The van der Waals surface area contributed by atoms with E-state index in [2.05, 4.69) is 26.5 Å². The van der Waals surface area contributed by atoms with Gasteiger partial charge in [0.1, 0.15) is 5.56 Å². The molecule has 1 N–H and O–H groups in total. The number of rotatable bonds is 1. The van der Waals surface area contributed by atoms with Crippen LogP contribution in [0.25, 0.3) is 0 Å². The first-order valence-electron chi connectivity index (χ1n) is 3.95. The van der Waals surface area contributed by atoms with Crippen molar-refractivity contribution in [1.29, 1.82) is 0 Å². The monoisotopic (exact) mass is 192 g/mol. The van der Waals surface area contributed by atoms with Crippen LogP contribution >= 0.6 is 0 Å². The van der Waals surface area contributed by atoms with Crippen molar-refractivity contribution in [3.05, 3.63) is 28.4 Å². The molecule has 0 spiro atoms. The predicted octanol–water partition coefficient (Wildman–Crippen LogP) is -0.315. The van der Waals surface area contributed by atoms with Crippen molar-refractivity contribution in [2.45, 2.75) is 6.92 Å². The second-order valence-electron chi connectivity index (χ2n) is 2.26. The lowest BCUT2D eigenvalue weighted by molar-refractivity contribution is -0.136.